The van der Waals surface area contributed by atoms with Crippen molar-refractivity contribution in [1.29, 1.82) is 0 Å². The smallest absolute Gasteiger partial charge is 0.248 e. The number of H-pyrrole nitrogens is 1. The van der Waals surface area contributed by atoms with Gasteiger partial charge < -0.3 is 15.0 Å². The van der Waals surface area contributed by atoms with Crippen LogP contribution in [0.3, 0.4) is 0 Å². The second kappa shape index (κ2) is 7.36. The molecule has 0 saturated heterocycles. The molecule has 122 valence electrons. The summed E-state index contributed by atoms with van der Waals surface area (Å²) in [5.74, 6) is -0.0821. The number of carbonyl (C=O) groups is 1. The van der Waals surface area contributed by atoms with Gasteiger partial charge in [0.15, 0.2) is 0 Å². The maximum Gasteiger partial charge on any atom is 0.248 e. The lowest BCUT2D eigenvalue weighted by Crippen LogP contribution is -2.08. The van der Waals surface area contributed by atoms with Gasteiger partial charge >= 0.3 is 0 Å². The van der Waals surface area contributed by atoms with Crippen molar-refractivity contribution < 1.29 is 13.9 Å². The molecule has 3 rings (SSSR count). The number of ether oxygens (including phenoxy) is 1. The number of hydrogen-bond donors (Lipinski definition) is 2. The van der Waals surface area contributed by atoms with Gasteiger partial charge in [-0.1, -0.05) is 30.3 Å². The number of amides is 1. The van der Waals surface area contributed by atoms with Crippen molar-refractivity contribution in [3.05, 3.63) is 60.6 Å². The van der Waals surface area contributed by atoms with E-state index >= 15 is 0 Å². The Morgan fingerprint density at radius 2 is 2.12 bits per heavy atom. The van der Waals surface area contributed by atoms with E-state index in [1.54, 1.807) is 6.20 Å². The summed E-state index contributed by atoms with van der Waals surface area (Å²) in [7, 11) is 0. The summed E-state index contributed by atoms with van der Waals surface area (Å²) < 4.78 is 17.9. The lowest BCUT2D eigenvalue weighted by atomic mass is 10.2. The average molecular weight is 326 g/mol. The van der Waals surface area contributed by atoms with E-state index < -0.39 is 12.6 Å². The van der Waals surface area contributed by atoms with Crippen LogP contribution in [-0.2, 0) is 11.4 Å². The minimum absolute atomic E-state index is 0.341. The van der Waals surface area contributed by atoms with Gasteiger partial charge in [-0.3, -0.25) is 4.79 Å². The Labute approximate surface area is 137 Å². The van der Waals surface area contributed by atoms with Gasteiger partial charge in [0.05, 0.1) is 5.69 Å². The molecule has 7 heteroatoms. The van der Waals surface area contributed by atoms with Crippen LogP contribution in [0.1, 0.15) is 5.56 Å². The summed E-state index contributed by atoms with van der Waals surface area (Å²) in [5.41, 5.74) is 2.01. The first-order valence-electron chi connectivity index (χ1n) is 7.30. The molecule has 2 heterocycles. The summed E-state index contributed by atoms with van der Waals surface area (Å²) in [6.07, 6.45) is 5.24. The van der Waals surface area contributed by atoms with Gasteiger partial charge in [0.25, 0.3) is 0 Å². The number of anilines is 1. The number of hydrogen-bond acceptors (Lipinski definition) is 4. The van der Waals surface area contributed by atoms with Crippen molar-refractivity contribution in [3.8, 4) is 5.88 Å². The SMILES string of the molecule is O=C(/C=C/CF)Nc1c[nH]c2ncnc(OCc3ccccc3)c12. The molecule has 0 bridgehead atoms. The molecule has 0 unspecified atom stereocenters. The molecular weight excluding hydrogens is 311 g/mol. The van der Waals surface area contributed by atoms with Crippen LogP contribution in [0.4, 0.5) is 10.1 Å². The van der Waals surface area contributed by atoms with Crippen LogP contribution in [0.5, 0.6) is 5.88 Å². The first-order valence-corrected chi connectivity index (χ1v) is 7.30. The molecule has 0 atom stereocenters. The number of carbonyl (C=O) groups excluding carboxylic acids is 1. The van der Waals surface area contributed by atoms with Crippen LogP contribution in [0.25, 0.3) is 11.0 Å². The second-order valence-electron chi connectivity index (χ2n) is 4.92. The van der Waals surface area contributed by atoms with E-state index in [0.717, 1.165) is 17.7 Å². The van der Waals surface area contributed by atoms with Crippen molar-refractivity contribution in [2.75, 3.05) is 12.0 Å². The first-order chi connectivity index (χ1) is 11.8. The van der Waals surface area contributed by atoms with Crippen molar-refractivity contribution in [2.45, 2.75) is 6.61 Å². The number of nitrogens with one attached hydrogen (secondary N) is 2. The van der Waals surface area contributed by atoms with Gasteiger partial charge in [0.1, 0.15) is 30.6 Å². The van der Waals surface area contributed by atoms with E-state index in [4.69, 9.17) is 4.74 Å². The average Bonchev–Trinajstić information content (AvgIpc) is 3.02. The zero-order valence-electron chi connectivity index (χ0n) is 12.7. The third-order valence-electron chi connectivity index (χ3n) is 3.27. The van der Waals surface area contributed by atoms with Crippen LogP contribution >= 0.6 is 0 Å². The van der Waals surface area contributed by atoms with Gasteiger partial charge in [-0.25, -0.2) is 14.4 Å². The molecule has 0 aliphatic rings. The molecule has 0 aliphatic heterocycles. The van der Waals surface area contributed by atoms with Crippen LogP contribution in [-0.4, -0.2) is 27.5 Å². The fraction of sp³-hybridized carbons (Fsp3) is 0.118. The van der Waals surface area contributed by atoms with E-state index in [1.807, 2.05) is 30.3 Å². The summed E-state index contributed by atoms with van der Waals surface area (Å²) >= 11 is 0. The topological polar surface area (TPSA) is 79.9 Å². The molecular formula is C17H15FN4O2. The minimum Gasteiger partial charge on any atom is -0.472 e. The second-order valence-corrected chi connectivity index (χ2v) is 4.92. The number of aromatic amines is 1. The molecule has 0 aliphatic carbocycles. The molecule has 3 aromatic rings. The highest BCUT2D eigenvalue weighted by atomic mass is 19.1. The monoisotopic (exact) mass is 326 g/mol. The molecule has 0 spiro atoms. The summed E-state index contributed by atoms with van der Waals surface area (Å²) in [6.45, 7) is -0.358. The maximum absolute atomic E-state index is 12.1. The van der Waals surface area contributed by atoms with Gasteiger partial charge in [-0.15, -0.1) is 0 Å². The Morgan fingerprint density at radius 1 is 1.29 bits per heavy atom. The van der Waals surface area contributed by atoms with E-state index in [1.165, 1.54) is 6.33 Å². The van der Waals surface area contributed by atoms with Gasteiger partial charge in [-0.05, 0) is 11.6 Å². The van der Waals surface area contributed by atoms with E-state index in [-0.39, 0.29) is 0 Å². The molecule has 2 N–H and O–H groups in total. The van der Waals surface area contributed by atoms with E-state index in [0.29, 0.717) is 29.2 Å². The quantitative estimate of drug-likeness (QED) is 0.683. The van der Waals surface area contributed by atoms with E-state index in [9.17, 15) is 9.18 Å². The largest absolute Gasteiger partial charge is 0.472 e. The summed E-state index contributed by atoms with van der Waals surface area (Å²) in [4.78, 5) is 22.9. The zero-order chi connectivity index (χ0) is 16.8. The maximum atomic E-state index is 12.1. The van der Waals surface area contributed by atoms with Gasteiger partial charge in [0, 0.05) is 12.3 Å². The predicted molar refractivity (Wildman–Crippen MR) is 88.4 cm³/mol. The number of nitrogens with zero attached hydrogens (tertiary/aromatic N) is 2. The zero-order valence-corrected chi connectivity index (χ0v) is 12.7. The molecule has 1 amide bonds. The molecule has 0 fully saturated rings. The Hall–Kier alpha value is -3.22. The standard InChI is InChI=1S/C17H15FN4O2/c18-8-4-7-14(23)22-13-9-19-16-15(13)17(21-11-20-16)24-10-12-5-2-1-3-6-12/h1-7,9,11H,8,10H2,(H,22,23)(H,19,20,21)/b7-4+. The Bertz CT molecular complexity index is 861. The molecule has 2 aromatic heterocycles. The fourth-order valence-electron chi connectivity index (χ4n) is 2.19. The van der Waals surface area contributed by atoms with Crippen LogP contribution in [0.2, 0.25) is 0 Å². The van der Waals surface area contributed by atoms with Crippen LogP contribution in [0, 0.1) is 0 Å². The Kier molecular flexibility index (Phi) is 4.81. The molecule has 24 heavy (non-hydrogen) atoms. The highest BCUT2D eigenvalue weighted by Gasteiger charge is 2.13. The number of rotatable bonds is 6. The lowest BCUT2D eigenvalue weighted by molar-refractivity contribution is -0.111. The normalized spacial score (nSPS) is 11.0. The molecule has 1 aromatic carbocycles. The highest BCUT2D eigenvalue weighted by Crippen LogP contribution is 2.29. The highest BCUT2D eigenvalue weighted by molar-refractivity contribution is 6.06. The van der Waals surface area contributed by atoms with Crippen LogP contribution < -0.4 is 10.1 Å². The van der Waals surface area contributed by atoms with Crippen molar-refractivity contribution in [3.63, 3.8) is 0 Å². The molecule has 0 radical (unpaired) electrons. The third-order valence-corrected chi connectivity index (χ3v) is 3.27. The number of aromatic nitrogens is 3. The van der Waals surface area contributed by atoms with Crippen molar-refractivity contribution in [1.82, 2.24) is 15.0 Å². The fourth-order valence-corrected chi connectivity index (χ4v) is 2.19. The number of fused-ring (bicyclic) bond motifs is 1. The van der Waals surface area contributed by atoms with Crippen LogP contribution in [0.15, 0.2) is 55.0 Å². The number of benzene rings is 1. The summed E-state index contributed by atoms with van der Waals surface area (Å²) in [6, 6.07) is 9.66. The number of alkyl halides is 1. The van der Waals surface area contributed by atoms with Gasteiger partial charge in [0.2, 0.25) is 11.8 Å². The van der Waals surface area contributed by atoms with Crippen molar-refractivity contribution in [2.24, 2.45) is 0 Å². The predicted octanol–water partition coefficient (Wildman–Crippen LogP) is 3.00. The summed E-state index contributed by atoms with van der Waals surface area (Å²) in [5, 5.41) is 3.22. The van der Waals surface area contributed by atoms with Gasteiger partial charge in [-0.2, -0.15) is 0 Å². The molecule has 0 saturated carbocycles. The number of allylic oxidation sites excluding steroid dienone is 1. The van der Waals surface area contributed by atoms with Crippen molar-refractivity contribution >= 4 is 22.6 Å². The Morgan fingerprint density at radius 3 is 2.92 bits per heavy atom. The lowest BCUT2D eigenvalue weighted by Gasteiger charge is -2.07. The number of halogens is 1. The molecule has 6 nitrogen and oxygen atoms in total. The minimum atomic E-state index is -0.699. The Balaban J connectivity index is 1.84. The first kappa shape index (κ1) is 15.7. The van der Waals surface area contributed by atoms with E-state index in [2.05, 4.69) is 20.3 Å². The third kappa shape index (κ3) is 3.57.